The number of halogens is 1. The van der Waals surface area contributed by atoms with Crippen molar-refractivity contribution in [3.63, 3.8) is 0 Å². The van der Waals surface area contributed by atoms with E-state index in [2.05, 4.69) is 0 Å². The van der Waals surface area contributed by atoms with E-state index in [-0.39, 0.29) is 5.78 Å². The average Bonchev–Trinajstić information content (AvgIpc) is 2.46. The first-order valence-corrected chi connectivity index (χ1v) is 6.81. The highest BCUT2D eigenvalue weighted by Gasteiger charge is 2.15. The maximum atomic E-state index is 12.6. The topological polar surface area (TPSA) is 61.5 Å². The monoisotopic (exact) mass is 305 g/mol. The van der Waals surface area contributed by atoms with Crippen LogP contribution in [-0.4, -0.2) is 26.1 Å². The summed E-state index contributed by atoms with van der Waals surface area (Å²) in [6, 6.07) is 11.8. The van der Waals surface area contributed by atoms with Crippen LogP contribution in [0.25, 0.3) is 0 Å². The first kappa shape index (κ1) is 15.4. The minimum Gasteiger partial charge on any atom is -0.490 e. The smallest absolute Gasteiger partial charge is 0.196 e. The van der Waals surface area contributed by atoms with Gasteiger partial charge in [-0.15, -0.1) is 0 Å². The van der Waals surface area contributed by atoms with Gasteiger partial charge in [-0.1, -0.05) is 23.7 Å². The molecule has 0 fully saturated rings. The summed E-state index contributed by atoms with van der Waals surface area (Å²) >= 11 is 5.94. The number of nitrogen functional groups attached to an aromatic ring is 1. The van der Waals surface area contributed by atoms with Crippen LogP contribution in [0.2, 0.25) is 5.02 Å². The van der Waals surface area contributed by atoms with Crippen LogP contribution in [0, 0.1) is 0 Å². The number of nitrogens with two attached hydrogens (primary N) is 1. The van der Waals surface area contributed by atoms with Gasteiger partial charge in [-0.05, 0) is 30.3 Å². The third-order valence-corrected chi connectivity index (χ3v) is 3.08. The number of rotatable bonds is 6. The molecule has 5 heteroatoms. The lowest BCUT2D eigenvalue weighted by molar-refractivity contribution is 0.103. The van der Waals surface area contributed by atoms with Gasteiger partial charge in [0.2, 0.25) is 0 Å². The van der Waals surface area contributed by atoms with Gasteiger partial charge in [0.1, 0.15) is 12.4 Å². The summed E-state index contributed by atoms with van der Waals surface area (Å²) in [4.78, 5) is 12.6. The predicted molar refractivity (Wildman–Crippen MR) is 83.1 cm³/mol. The van der Waals surface area contributed by atoms with Gasteiger partial charge in [0.05, 0.1) is 12.2 Å². The zero-order valence-corrected chi connectivity index (χ0v) is 12.4. The maximum Gasteiger partial charge on any atom is 0.196 e. The summed E-state index contributed by atoms with van der Waals surface area (Å²) in [5.41, 5.74) is 7.08. The highest BCUT2D eigenvalue weighted by molar-refractivity contribution is 6.31. The Morgan fingerprint density at radius 3 is 2.67 bits per heavy atom. The Labute approximate surface area is 128 Å². The second-order valence-electron chi connectivity index (χ2n) is 4.44. The summed E-state index contributed by atoms with van der Waals surface area (Å²) in [7, 11) is 1.59. The van der Waals surface area contributed by atoms with Gasteiger partial charge in [0.15, 0.2) is 5.78 Å². The van der Waals surface area contributed by atoms with Crippen LogP contribution in [0.5, 0.6) is 5.75 Å². The third kappa shape index (κ3) is 3.97. The van der Waals surface area contributed by atoms with Crippen LogP contribution in [0.4, 0.5) is 5.69 Å². The fourth-order valence-electron chi connectivity index (χ4n) is 1.91. The highest BCUT2D eigenvalue weighted by Crippen LogP contribution is 2.24. The van der Waals surface area contributed by atoms with Crippen molar-refractivity contribution in [2.24, 2.45) is 0 Å². The second kappa shape index (κ2) is 7.11. The van der Waals surface area contributed by atoms with Crippen LogP contribution < -0.4 is 10.5 Å². The Hall–Kier alpha value is -2.04. The zero-order valence-electron chi connectivity index (χ0n) is 11.6. The molecule has 0 spiro atoms. The van der Waals surface area contributed by atoms with Crippen molar-refractivity contribution in [2.75, 3.05) is 26.1 Å². The molecule has 2 aromatic carbocycles. The van der Waals surface area contributed by atoms with Crippen molar-refractivity contribution >= 4 is 23.1 Å². The third-order valence-electron chi connectivity index (χ3n) is 2.86. The molecule has 0 radical (unpaired) electrons. The average molecular weight is 306 g/mol. The van der Waals surface area contributed by atoms with Crippen molar-refractivity contribution in [1.29, 1.82) is 0 Å². The molecular formula is C16H16ClNO3. The van der Waals surface area contributed by atoms with E-state index in [1.54, 1.807) is 43.5 Å². The van der Waals surface area contributed by atoms with Crippen LogP contribution >= 0.6 is 11.6 Å². The van der Waals surface area contributed by atoms with Gasteiger partial charge < -0.3 is 15.2 Å². The number of hydrogen-bond donors (Lipinski definition) is 1. The van der Waals surface area contributed by atoms with Gasteiger partial charge in [-0.2, -0.15) is 0 Å². The molecule has 110 valence electrons. The molecule has 0 saturated carbocycles. The van der Waals surface area contributed by atoms with E-state index in [9.17, 15) is 4.79 Å². The molecule has 21 heavy (non-hydrogen) atoms. The number of methoxy groups -OCH3 is 1. The summed E-state index contributed by atoms with van der Waals surface area (Å²) in [5.74, 6) is 0.329. The van der Waals surface area contributed by atoms with Crippen LogP contribution in [-0.2, 0) is 4.74 Å². The van der Waals surface area contributed by atoms with E-state index in [0.717, 1.165) is 0 Å². The summed E-state index contributed by atoms with van der Waals surface area (Å²) in [6.07, 6.45) is 0. The molecule has 0 aliphatic rings. The fraction of sp³-hybridized carbons (Fsp3) is 0.188. The van der Waals surface area contributed by atoms with Crippen LogP contribution in [0.3, 0.4) is 0 Å². The first-order valence-electron chi connectivity index (χ1n) is 6.43. The van der Waals surface area contributed by atoms with Crippen LogP contribution in [0.1, 0.15) is 15.9 Å². The lowest BCUT2D eigenvalue weighted by Crippen LogP contribution is -2.09. The molecule has 0 unspecified atom stereocenters. The number of benzene rings is 2. The number of carbonyl (C=O) groups excluding carboxylic acids is 1. The summed E-state index contributed by atoms with van der Waals surface area (Å²) < 4.78 is 10.5. The number of carbonyl (C=O) groups is 1. The molecule has 2 aromatic rings. The molecule has 0 heterocycles. The number of hydrogen-bond acceptors (Lipinski definition) is 4. The number of anilines is 1. The minimum atomic E-state index is -0.183. The van der Waals surface area contributed by atoms with E-state index in [1.807, 2.05) is 6.07 Å². The Morgan fingerprint density at radius 2 is 1.95 bits per heavy atom. The molecule has 0 atom stereocenters. The SMILES string of the molecule is COCCOc1ccccc1C(=O)c1cc(N)cc(Cl)c1. The van der Waals surface area contributed by atoms with E-state index in [0.29, 0.717) is 40.8 Å². The van der Waals surface area contributed by atoms with Crippen molar-refractivity contribution in [3.05, 3.63) is 58.6 Å². The van der Waals surface area contributed by atoms with Gasteiger partial charge in [0, 0.05) is 23.4 Å². The normalized spacial score (nSPS) is 10.4. The van der Waals surface area contributed by atoms with E-state index >= 15 is 0 Å². The molecular weight excluding hydrogens is 290 g/mol. The second-order valence-corrected chi connectivity index (χ2v) is 4.88. The van der Waals surface area contributed by atoms with Crippen molar-refractivity contribution in [1.82, 2.24) is 0 Å². The molecule has 0 amide bonds. The zero-order chi connectivity index (χ0) is 15.2. The van der Waals surface area contributed by atoms with Gasteiger partial charge >= 0.3 is 0 Å². The largest absolute Gasteiger partial charge is 0.490 e. The standard InChI is InChI=1S/C16H16ClNO3/c1-20-6-7-21-15-5-3-2-4-14(15)16(19)11-8-12(17)10-13(18)9-11/h2-5,8-10H,6-7,18H2,1H3. The maximum absolute atomic E-state index is 12.6. The van der Waals surface area contributed by atoms with Crippen molar-refractivity contribution in [3.8, 4) is 5.75 Å². The minimum absolute atomic E-state index is 0.183. The number of para-hydroxylation sites is 1. The van der Waals surface area contributed by atoms with E-state index in [4.69, 9.17) is 26.8 Å². The Bertz CT molecular complexity index is 623. The quantitative estimate of drug-likeness (QED) is 0.506. The first-order chi connectivity index (χ1) is 10.1. The van der Waals surface area contributed by atoms with Crippen molar-refractivity contribution in [2.45, 2.75) is 0 Å². The molecule has 0 aliphatic heterocycles. The van der Waals surface area contributed by atoms with Gasteiger partial charge in [0.25, 0.3) is 0 Å². The lowest BCUT2D eigenvalue weighted by atomic mass is 10.0. The summed E-state index contributed by atoms with van der Waals surface area (Å²) in [5, 5.41) is 0.427. The Kier molecular flexibility index (Phi) is 5.20. The Morgan fingerprint density at radius 1 is 1.19 bits per heavy atom. The lowest BCUT2D eigenvalue weighted by Gasteiger charge is -2.11. The molecule has 0 aliphatic carbocycles. The van der Waals surface area contributed by atoms with E-state index in [1.165, 1.54) is 0 Å². The van der Waals surface area contributed by atoms with Gasteiger partial charge in [-0.3, -0.25) is 4.79 Å². The molecule has 0 bridgehead atoms. The molecule has 0 saturated heterocycles. The predicted octanol–water partition coefficient (Wildman–Crippen LogP) is 3.18. The Balaban J connectivity index is 2.30. The van der Waals surface area contributed by atoms with Gasteiger partial charge in [-0.25, -0.2) is 0 Å². The molecule has 0 aromatic heterocycles. The van der Waals surface area contributed by atoms with Crippen LogP contribution in [0.15, 0.2) is 42.5 Å². The number of ketones is 1. The molecule has 2 N–H and O–H groups in total. The highest BCUT2D eigenvalue weighted by atomic mass is 35.5. The van der Waals surface area contributed by atoms with Crippen molar-refractivity contribution < 1.29 is 14.3 Å². The van der Waals surface area contributed by atoms with E-state index < -0.39 is 0 Å². The number of ether oxygens (including phenoxy) is 2. The fourth-order valence-corrected chi connectivity index (χ4v) is 2.16. The molecule has 2 rings (SSSR count). The molecule has 4 nitrogen and oxygen atoms in total. The summed E-state index contributed by atoms with van der Waals surface area (Å²) in [6.45, 7) is 0.825.